The molecule has 0 spiro atoms. The summed E-state index contributed by atoms with van der Waals surface area (Å²) in [6.07, 6.45) is 1.84. The lowest BCUT2D eigenvalue weighted by molar-refractivity contribution is 0.643. The number of nitrogens with zero attached hydrogens (tertiary/aromatic N) is 1. The Labute approximate surface area is 62.1 Å². The Bertz CT molecular complexity index is 88.9. The van der Waals surface area contributed by atoms with Crippen molar-refractivity contribution in [3.05, 3.63) is 0 Å². The molecular formula is C7H15NS. The molecule has 54 valence electrons. The molecule has 0 aliphatic rings. The van der Waals surface area contributed by atoms with Gasteiger partial charge in [-0.1, -0.05) is 20.8 Å². The molecule has 0 N–H and O–H groups in total. The maximum atomic E-state index is 4.08. The zero-order valence-electron chi connectivity index (χ0n) is 6.59. The van der Waals surface area contributed by atoms with E-state index >= 15 is 0 Å². The van der Waals surface area contributed by atoms with Crippen molar-refractivity contribution in [1.29, 1.82) is 0 Å². The normalized spacial score (nSPS) is 15.2. The Hall–Kier alpha value is 0.0200. The first-order valence-electron chi connectivity index (χ1n) is 3.32. The molecule has 0 saturated carbocycles. The molecule has 1 nitrogen and oxygen atoms in total. The van der Waals surface area contributed by atoms with E-state index in [0.29, 0.717) is 5.25 Å². The van der Waals surface area contributed by atoms with Gasteiger partial charge in [0.05, 0.1) is 0 Å². The first kappa shape index (κ1) is 9.02. The lowest BCUT2D eigenvalue weighted by Gasteiger charge is -2.09. The molecule has 0 amide bonds. The highest BCUT2D eigenvalue weighted by Crippen LogP contribution is 2.18. The molecule has 0 rings (SSSR count). The summed E-state index contributed by atoms with van der Waals surface area (Å²) in [5.41, 5.74) is 0. The Morgan fingerprint density at radius 2 is 1.89 bits per heavy atom. The second-order valence-electron chi connectivity index (χ2n) is 2.42. The summed E-state index contributed by atoms with van der Waals surface area (Å²) in [7, 11) is 0. The summed E-state index contributed by atoms with van der Waals surface area (Å²) in [4.78, 5) is 0. The highest BCUT2D eigenvalue weighted by atomic mass is 32.2. The minimum Gasteiger partial charge on any atom is -0.229 e. The zero-order chi connectivity index (χ0) is 7.28. The maximum absolute atomic E-state index is 4.08. The van der Waals surface area contributed by atoms with Crippen LogP contribution in [0.1, 0.15) is 27.7 Å². The second kappa shape index (κ2) is 4.86. The molecule has 0 unspecified atom stereocenters. The SMILES string of the molecule is C/C=N\S[C@@H](C)C(C)C. The van der Waals surface area contributed by atoms with Gasteiger partial charge in [0.1, 0.15) is 0 Å². The topological polar surface area (TPSA) is 12.4 Å². The maximum Gasteiger partial charge on any atom is 0.0261 e. The predicted octanol–water partition coefficient (Wildman–Crippen LogP) is 2.77. The molecule has 1 atom stereocenters. The molecular weight excluding hydrogens is 130 g/mol. The molecule has 9 heavy (non-hydrogen) atoms. The summed E-state index contributed by atoms with van der Waals surface area (Å²) in [6.45, 7) is 8.56. The van der Waals surface area contributed by atoms with Gasteiger partial charge >= 0.3 is 0 Å². The molecule has 0 aliphatic carbocycles. The van der Waals surface area contributed by atoms with Crippen LogP contribution >= 0.6 is 11.9 Å². The average molecular weight is 145 g/mol. The standard InChI is InChI=1S/C7H15NS/c1-5-8-9-7(4)6(2)3/h5-7H,1-4H3/b8-5-/t7-/m0/s1. The van der Waals surface area contributed by atoms with Gasteiger partial charge in [-0.05, 0) is 24.8 Å². The van der Waals surface area contributed by atoms with Crippen LogP contribution in [0.5, 0.6) is 0 Å². The van der Waals surface area contributed by atoms with Crippen LogP contribution in [0, 0.1) is 5.92 Å². The minimum atomic E-state index is 0.640. The third-order valence-electron chi connectivity index (χ3n) is 1.27. The molecule has 0 saturated heterocycles. The van der Waals surface area contributed by atoms with Crippen molar-refractivity contribution in [3.8, 4) is 0 Å². The first-order valence-corrected chi connectivity index (χ1v) is 4.16. The van der Waals surface area contributed by atoms with Crippen molar-refractivity contribution in [3.63, 3.8) is 0 Å². The van der Waals surface area contributed by atoms with E-state index in [2.05, 4.69) is 25.2 Å². The van der Waals surface area contributed by atoms with E-state index in [1.54, 1.807) is 11.9 Å². The van der Waals surface area contributed by atoms with Gasteiger partial charge in [0.2, 0.25) is 0 Å². The van der Waals surface area contributed by atoms with Crippen molar-refractivity contribution in [2.45, 2.75) is 32.9 Å². The highest BCUT2D eigenvalue weighted by molar-refractivity contribution is 7.98. The molecule has 0 bridgehead atoms. The fraction of sp³-hybridized carbons (Fsp3) is 0.857. The van der Waals surface area contributed by atoms with Crippen LogP contribution in [0.25, 0.3) is 0 Å². The van der Waals surface area contributed by atoms with E-state index in [1.807, 2.05) is 13.1 Å². The molecule has 0 aromatic carbocycles. The molecule has 0 aliphatic heterocycles. The fourth-order valence-electron chi connectivity index (χ4n) is 0.279. The highest BCUT2D eigenvalue weighted by Gasteiger charge is 2.04. The van der Waals surface area contributed by atoms with E-state index in [9.17, 15) is 0 Å². The average Bonchev–Trinajstić information content (AvgIpc) is 1.82. The number of rotatable bonds is 3. The summed E-state index contributed by atoms with van der Waals surface area (Å²) >= 11 is 1.65. The van der Waals surface area contributed by atoms with Gasteiger partial charge in [-0.25, -0.2) is 4.40 Å². The summed E-state index contributed by atoms with van der Waals surface area (Å²) in [5.74, 6) is 0.721. The van der Waals surface area contributed by atoms with Gasteiger partial charge in [0.15, 0.2) is 0 Å². The summed E-state index contributed by atoms with van der Waals surface area (Å²) in [6, 6.07) is 0. The van der Waals surface area contributed by atoms with E-state index in [1.165, 1.54) is 0 Å². The zero-order valence-corrected chi connectivity index (χ0v) is 7.40. The molecule has 0 heterocycles. The van der Waals surface area contributed by atoms with Gasteiger partial charge < -0.3 is 0 Å². The first-order chi connectivity index (χ1) is 4.18. The van der Waals surface area contributed by atoms with Crippen LogP contribution in [-0.2, 0) is 0 Å². The monoisotopic (exact) mass is 145 g/mol. The van der Waals surface area contributed by atoms with E-state index in [-0.39, 0.29) is 0 Å². The van der Waals surface area contributed by atoms with Gasteiger partial charge in [-0.15, -0.1) is 0 Å². The lowest BCUT2D eigenvalue weighted by Crippen LogP contribution is -2.03. The van der Waals surface area contributed by atoms with Gasteiger partial charge in [-0.2, -0.15) is 0 Å². The minimum absolute atomic E-state index is 0.640. The summed E-state index contributed by atoms with van der Waals surface area (Å²) in [5, 5.41) is 0.640. The van der Waals surface area contributed by atoms with Crippen LogP contribution in [0.15, 0.2) is 4.40 Å². The van der Waals surface area contributed by atoms with Crippen LogP contribution in [0.2, 0.25) is 0 Å². The lowest BCUT2D eigenvalue weighted by atomic mass is 10.2. The van der Waals surface area contributed by atoms with E-state index in [0.717, 1.165) is 5.92 Å². The van der Waals surface area contributed by atoms with Crippen LogP contribution in [0.4, 0.5) is 0 Å². The van der Waals surface area contributed by atoms with Crippen molar-refractivity contribution < 1.29 is 0 Å². The smallest absolute Gasteiger partial charge is 0.0261 e. The fourth-order valence-corrected chi connectivity index (χ4v) is 0.836. The molecule has 0 radical (unpaired) electrons. The van der Waals surface area contributed by atoms with Crippen molar-refractivity contribution in [2.75, 3.05) is 0 Å². The van der Waals surface area contributed by atoms with Crippen molar-refractivity contribution >= 4 is 18.2 Å². The van der Waals surface area contributed by atoms with Crippen LogP contribution < -0.4 is 0 Å². The molecule has 2 heteroatoms. The third-order valence-corrected chi connectivity index (χ3v) is 2.48. The Balaban J connectivity index is 3.38. The third kappa shape index (κ3) is 4.52. The van der Waals surface area contributed by atoms with E-state index in [4.69, 9.17) is 0 Å². The Morgan fingerprint density at radius 3 is 2.22 bits per heavy atom. The van der Waals surface area contributed by atoms with Crippen molar-refractivity contribution in [2.24, 2.45) is 10.3 Å². The van der Waals surface area contributed by atoms with Gasteiger partial charge in [0.25, 0.3) is 0 Å². The van der Waals surface area contributed by atoms with Gasteiger partial charge in [0, 0.05) is 11.5 Å². The Kier molecular flexibility index (Phi) is 4.87. The van der Waals surface area contributed by atoms with Crippen molar-refractivity contribution in [1.82, 2.24) is 0 Å². The molecule has 0 aromatic rings. The Morgan fingerprint density at radius 1 is 1.33 bits per heavy atom. The molecule has 0 aromatic heterocycles. The van der Waals surface area contributed by atoms with E-state index < -0.39 is 0 Å². The van der Waals surface area contributed by atoms with Crippen LogP contribution in [0.3, 0.4) is 0 Å². The molecule has 0 fully saturated rings. The second-order valence-corrected chi connectivity index (χ2v) is 3.58. The predicted molar refractivity (Wildman–Crippen MR) is 46.1 cm³/mol. The number of hydrogen-bond donors (Lipinski definition) is 0. The quantitative estimate of drug-likeness (QED) is 0.439. The summed E-state index contributed by atoms with van der Waals surface area (Å²) < 4.78 is 4.08. The van der Waals surface area contributed by atoms with Gasteiger partial charge in [-0.3, -0.25) is 0 Å². The van der Waals surface area contributed by atoms with Crippen LogP contribution in [-0.4, -0.2) is 11.5 Å². The largest absolute Gasteiger partial charge is 0.229 e. The number of hydrogen-bond acceptors (Lipinski definition) is 2.